The Hall–Kier alpha value is -3.03. The number of benzene rings is 1. The van der Waals surface area contributed by atoms with Crippen LogP contribution in [0.15, 0.2) is 35.1 Å². The van der Waals surface area contributed by atoms with Crippen molar-refractivity contribution in [1.82, 2.24) is 25.0 Å². The van der Waals surface area contributed by atoms with Gasteiger partial charge in [0.05, 0.1) is 24.3 Å². The smallest absolute Gasteiger partial charge is 0.254 e. The number of rotatable bonds is 3. The summed E-state index contributed by atoms with van der Waals surface area (Å²) in [6, 6.07) is 5.09. The Morgan fingerprint density at radius 3 is 2.81 bits per heavy atom. The molecule has 0 saturated heterocycles. The average molecular weight is 355 g/mol. The summed E-state index contributed by atoms with van der Waals surface area (Å²) in [6.45, 7) is 4.29. The van der Waals surface area contributed by atoms with Gasteiger partial charge in [0.15, 0.2) is 5.82 Å². The number of nitrogens with one attached hydrogen (secondary N) is 1. The van der Waals surface area contributed by atoms with Crippen LogP contribution in [0.3, 0.4) is 0 Å². The van der Waals surface area contributed by atoms with Crippen LogP contribution in [0.25, 0.3) is 0 Å². The van der Waals surface area contributed by atoms with E-state index in [9.17, 15) is 9.18 Å². The Morgan fingerprint density at radius 2 is 2.12 bits per heavy atom. The zero-order valence-electron chi connectivity index (χ0n) is 14.4. The second kappa shape index (κ2) is 6.36. The highest BCUT2D eigenvalue weighted by atomic mass is 19.1. The maximum Gasteiger partial charge on any atom is 0.254 e. The number of halogens is 1. The van der Waals surface area contributed by atoms with Gasteiger partial charge in [-0.3, -0.25) is 4.79 Å². The molecule has 134 valence electrons. The Labute approximate surface area is 149 Å². The van der Waals surface area contributed by atoms with Crippen molar-refractivity contribution in [3.63, 3.8) is 0 Å². The molecule has 1 atom stereocenters. The van der Waals surface area contributed by atoms with Gasteiger partial charge in [0.1, 0.15) is 11.9 Å². The normalized spacial score (nSPS) is 16.8. The van der Waals surface area contributed by atoms with Gasteiger partial charge in [-0.2, -0.15) is 4.98 Å². The Balaban J connectivity index is 1.71. The summed E-state index contributed by atoms with van der Waals surface area (Å²) in [7, 11) is 0. The first-order chi connectivity index (χ1) is 12.5. The van der Waals surface area contributed by atoms with Gasteiger partial charge in [-0.15, -0.1) is 0 Å². The van der Waals surface area contributed by atoms with E-state index in [-0.39, 0.29) is 17.6 Å². The third kappa shape index (κ3) is 2.87. The summed E-state index contributed by atoms with van der Waals surface area (Å²) in [5.41, 5.74) is 2.16. The third-order valence-corrected chi connectivity index (χ3v) is 4.51. The summed E-state index contributed by atoms with van der Waals surface area (Å²) < 4.78 is 18.6. The molecular formula is C18H18FN5O2. The lowest BCUT2D eigenvalue weighted by molar-refractivity contribution is 0.0589. The van der Waals surface area contributed by atoms with Gasteiger partial charge in [0.2, 0.25) is 5.89 Å². The van der Waals surface area contributed by atoms with Crippen molar-refractivity contribution in [1.29, 1.82) is 0 Å². The van der Waals surface area contributed by atoms with Gasteiger partial charge in [-0.1, -0.05) is 19.0 Å². The Kier molecular flexibility index (Phi) is 4.02. The molecule has 0 fully saturated rings. The van der Waals surface area contributed by atoms with Crippen LogP contribution < -0.4 is 0 Å². The number of aromatic nitrogens is 4. The maximum absolute atomic E-state index is 13.2. The number of fused-ring (bicyclic) bond motifs is 1. The SMILES string of the molecule is CC(C)c1noc([C@@H]2Cc3nc[nH]c3CN2C(=O)c2ccc(F)cc2)n1. The predicted octanol–water partition coefficient (Wildman–Crippen LogP) is 3.00. The largest absolute Gasteiger partial charge is 0.347 e. The van der Waals surface area contributed by atoms with Crippen LogP contribution in [0.5, 0.6) is 0 Å². The molecular weight excluding hydrogens is 337 g/mol. The molecule has 1 aromatic carbocycles. The van der Waals surface area contributed by atoms with Crippen molar-refractivity contribution in [2.45, 2.75) is 38.8 Å². The van der Waals surface area contributed by atoms with Gasteiger partial charge in [0, 0.05) is 17.9 Å². The van der Waals surface area contributed by atoms with E-state index in [1.165, 1.54) is 24.3 Å². The van der Waals surface area contributed by atoms with Crippen LogP contribution in [0.4, 0.5) is 4.39 Å². The minimum Gasteiger partial charge on any atom is -0.347 e. The molecule has 4 rings (SSSR count). The molecule has 1 aliphatic rings. The fourth-order valence-corrected chi connectivity index (χ4v) is 3.05. The van der Waals surface area contributed by atoms with Gasteiger partial charge < -0.3 is 14.4 Å². The van der Waals surface area contributed by atoms with E-state index < -0.39 is 6.04 Å². The number of carbonyl (C=O) groups is 1. The lowest BCUT2D eigenvalue weighted by Crippen LogP contribution is -2.39. The van der Waals surface area contributed by atoms with Crippen molar-refractivity contribution in [3.8, 4) is 0 Å². The predicted molar refractivity (Wildman–Crippen MR) is 89.7 cm³/mol. The molecule has 1 aliphatic heterocycles. The summed E-state index contributed by atoms with van der Waals surface area (Å²) in [5.74, 6) is 0.503. The molecule has 3 aromatic rings. The molecule has 0 saturated carbocycles. The van der Waals surface area contributed by atoms with E-state index in [2.05, 4.69) is 20.1 Å². The topological polar surface area (TPSA) is 87.9 Å². The van der Waals surface area contributed by atoms with Crippen LogP contribution in [0.1, 0.15) is 59.3 Å². The Morgan fingerprint density at radius 1 is 1.35 bits per heavy atom. The van der Waals surface area contributed by atoms with Crippen LogP contribution in [0, 0.1) is 5.82 Å². The maximum atomic E-state index is 13.2. The van der Waals surface area contributed by atoms with Gasteiger partial charge in [-0.05, 0) is 24.3 Å². The van der Waals surface area contributed by atoms with E-state index in [4.69, 9.17) is 4.52 Å². The number of imidazole rings is 1. The van der Waals surface area contributed by atoms with Crippen LogP contribution in [-0.2, 0) is 13.0 Å². The molecule has 0 aliphatic carbocycles. The number of carbonyl (C=O) groups excluding carboxylic acids is 1. The number of H-pyrrole nitrogens is 1. The summed E-state index contributed by atoms with van der Waals surface area (Å²) in [4.78, 5) is 26.6. The summed E-state index contributed by atoms with van der Waals surface area (Å²) in [6.07, 6.45) is 2.09. The minimum atomic E-state index is -0.414. The van der Waals surface area contributed by atoms with E-state index in [0.717, 1.165) is 11.4 Å². The van der Waals surface area contributed by atoms with Crippen LogP contribution in [0.2, 0.25) is 0 Å². The number of hydrogen-bond acceptors (Lipinski definition) is 5. The first kappa shape index (κ1) is 16.4. The fourth-order valence-electron chi connectivity index (χ4n) is 3.05. The fraction of sp³-hybridized carbons (Fsp3) is 0.333. The van der Waals surface area contributed by atoms with Crippen LogP contribution in [-0.4, -0.2) is 30.9 Å². The lowest BCUT2D eigenvalue weighted by Gasteiger charge is -2.32. The second-order valence-electron chi connectivity index (χ2n) is 6.63. The highest BCUT2D eigenvalue weighted by Crippen LogP contribution is 2.32. The molecule has 1 amide bonds. The number of aromatic amines is 1. The highest BCUT2D eigenvalue weighted by Gasteiger charge is 2.36. The number of amides is 1. The zero-order chi connectivity index (χ0) is 18.3. The molecule has 0 radical (unpaired) electrons. The summed E-state index contributed by atoms with van der Waals surface area (Å²) in [5, 5.41) is 4.01. The first-order valence-corrected chi connectivity index (χ1v) is 8.44. The second-order valence-corrected chi connectivity index (χ2v) is 6.63. The first-order valence-electron chi connectivity index (χ1n) is 8.44. The Bertz CT molecular complexity index is 931. The molecule has 0 bridgehead atoms. The molecule has 2 aromatic heterocycles. The van der Waals surface area contributed by atoms with E-state index >= 15 is 0 Å². The quantitative estimate of drug-likeness (QED) is 0.780. The molecule has 0 unspecified atom stereocenters. The number of nitrogens with zero attached hydrogens (tertiary/aromatic N) is 4. The molecule has 1 N–H and O–H groups in total. The van der Waals surface area contributed by atoms with Gasteiger partial charge in [-0.25, -0.2) is 9.37 Å². The van der Waals surface area contributed by atoms with E-state index in [1.807, 2.05) is 13.8 Å². The van der Waals surface area contributed by atoms with Gasteiger partial charge >= 0.3 is 0 Å². The summed E-state index contributed by atoms with van der Waals surface area (Å²) >= 11 is 0. The lowest BCUT2D eigenvalue weighted by atomic mass is 10.0. The van der Waals surface area contributed by atoms with Crippen molar-refractivity contribution >= 4 is 5.91 Å². The van der Waals surface area contributed by atoms with E-state index in [0.29, 0.717) is 30.2 Å². The molecule has 7 nitrogen and oxygen atoms in total. The van der Waals surface area contributed by atoms with Crippen molar-refractivity contribution in [2.75, 3.05) is 0 Å². The monoisotopic (exact) mass is 355 g/mol. The molecule has 0 spiro atoms. The number of hydrogen-bond donors (Lipinski definition) is 1. The molecule has 3 heterocycles. The zero-order valence-corrected chi connectivity index (χ0v) is 14.4. The van der Waals surface area contributed by atoms with Crippen LogP contribution >= 0.6 is 0 Å². The third-order valence-electron chi connectivity index (χ3n) is 4.51. The van der Waals surface area contributed by atoms with Gasteiger partial charge in [0.25, 0.3) is 5.91 Å². The highest BCUT2D eigenvalue weighted by molar-refractivity contribution is 5.94. The standard InChI is InChI=1S/C18H18FN5O2/c1-10(2)16-22-17(26-23-16)15-7-13-14(21-9-20-13)8-24(15)18(25)11-3-5-12(19)6-4-11/h3-6,9-10,15H,7-8H2,1-2H3,(H,20,21)/t15-/m0/s1. The van der Waals surface area contributed by atoms with Crippen molar-refractivity contribution in [3.05, 3.63) is 65.1 Å². The van der Waals surface area contributed by atoms with Crippen molar-refractivity contribution < 1.29 is 13.7 Å². The minimum absolute atomic E-state index is 0.123. The van der Waals surface area contributed by atoms with Crippen molar-refractivity contribution in [2.24, 2.45) is 0 Å². The average Bonchev–Trinajstić information content (AvgIpc) is 3.29. The molecule has 8 heteroatoms. The molecule has 26 heavy (non-hydrogen) atoms. The van der Waals surface area contributed by atoms with E-state index in [1.54, 1.807) is 11.2 Å².